The van der Waals surface area contributed by atoms with Gasteiger partial charge in [0.2, 0.25) is 5.82 Å². The summed E-state index contributed by atoms with van der Waals surface area (Å²) in [4.78, 5) is 18.9. The van der Waals surface area contributed by atoms with E-state index < -0.39 is 5.91 Å². The molecule has 0 bridgehead atoms. The SMILES string of the molecule is CCCC(C)(C)c1ccnc(C(N)=O)n1. The van der Waals surface area contributed by atoms with Gasteiger partial charge < -0.3 is 5.73 Å². The molecule has 4 heteroatoms. The van der Waals surface area contributed by atoms with Gasteiger partial charge in [-0.15, -0.1) is 0 Å². The molecule has 1 amide bonds. The van der Waals surface area contributed by atoms with Gasteiger partial charge in [0.25, 0.3) is 5.91 Å². The lowest BCUT2D eigenvalue weighted by atomic mass is 9.84. The van der Waals surface area contributed by atoms with Crippen LogP contribution in [0, 0.1) is 0 Å². The molecule has 0 saturated carbocycles. The fraction of sp³-hybridized carbons (Fsp3) is 0.545. The fourth-order valence-corrected chi connectivity index (χ4v) is 1.61. The summed E-state index contributed by atoms with van der Waals surface area (Å²) in [6, 6.07) is 1.84. The van der Waals surface area contributed by atoms with Crippen molar-refractivity contribution in [3.63, 3.8) is 0 Å². The zero-order valence-electron chi connectivity index (χ0n) is 9.45. The number of carbonyl (C=O) groups is 1. The highest BCUT2D eigenvalue weighted by molar-refractivity contribution is 5.88. The highest BCUT2D eigenvalue weighted by atomic mass is 16.1. The molecule has 0 saturated heterocycles. The molecule has 1 aromatic heterocycles. The van der Waals surface area contributed by atoms with E-state index in [1.165, 1.54) is 0 Å². The summed E-state index contributed by atoms with van der Waals surface area (Å²) in [5.74, 6) is -0.485. The maximum atomic E-state index is 10.9. The lowest BCUT2D eigenvalue weighted by Gasteiger charge is -2.23. The van der Waals surface area contributed by atoms with Gasteiger partial charge in [0.05, 0.1) is 5.69 Å². The Morgan fingerprint density at radius 3 is 2.73 bits per heavy atom. The van der Waals surface area contributed by atoms with E-state index in [-0.39, 0.29) is 11.2 Å². The van der Waals surface area contributed by atoms with Crippen LogP contribution in [0.2, 0.25) is 0 Å². The highest BCUT2D eigenvalue weighted by Crippen LogP contribution is 2.26. The van der Waals surface area contributed by atoms with Gasteiger partial charge in [-0.2, -0.15) is 0 Å². The summed E-state index contributed by atoms with van der Waals surface area (Å²) >= 11 is 0. The van der Waals surface area contributed by atoms with E-state index in [1.807, 2.05) is 6.07 Å². The molecule has 0 unspecified atom stereocenters. The minimum Gasteiger partial charge on any atom is -0.363 e. The second-order valence-corrected chi connectivity index (χ2v) is 4.26. The number of aromatic nitrogens is 2. The van der Waals surface area contributed by atoms with E-state index in [9.17, 15) is 4.79 Å². The number of primary amides is 1. The zero-order valence-corrected chi connectivity index (χ0v) is 9.45. The fourth-order valence-electron chi connectivity index (χ4n) is 1.61. The van der Waals surface area contributed by atoms with E-state index in [2.05, 4.69) is 30.7 Å². The molecule has 82 valence electrons. The summed E-state index contributed by atoms with van der Waals surface area (Å²) < 4.78 is 0. The lowest BCUT2D eigenvalue weighted by Crippen LogP contribution is -2.22. The van der Waals surface area contributed by atoms with Crippen molar-refractivity contribution >= 4 is 5.91 Å². The number of hydrogen-bond donors (Lipinski definition) is 1. The van der Waals surface area contributed by atoms with Gasteiger partial charge >= 0.3 is 0 Å². The second kappa shape index (κ2) is 4.38. The van der Waals surface area contributed by atoms with Gasteiger partial charge in [0, 0.05) is 11.6 Å². The average molecular weight is 207 g/mol. The van der Waals surface area contributed by atoms with Crippen LogP contribution in [0.15, 0.2) is 12.3 Å². The molecule has 2 N–H and O–H groups in total. The smallest absolute Gasteiger partial charge is 0.286 e. The Balaban J connectivity index is 3.04. The third kappa shape index (κ3) is 2.75. The number of rotatable bonds is 4. The maximum absolute atomic E-state index is 10.9. The molecule has 0 aliphatic rings. The van der Waals surface area contributed by atoms with E-state index in [4.69, 9.17) is 5.73 Å². The molecule has 0 fully saturated rings. The molecule has 15 heavy (non-hydrogen) atoms. The molecule has 1 rings (SSSR count). The summed E-state index contributed by atoms with van der Waals surface area (Å²) in [5.41, 5.74) is 5.96. The first-order chi connectivity index (χ1) is 6.97. The maximum Gasteiger partial charge on any atom is 0.286 e. The molecule has 1 aromatic rings. The van der Waals surface area contributed by atoms with Gasteiger partial charge in [-0.1, -0.05) is 27.2 Å². The van der Waals surface area contributed by atoms with Crippen LogP contribution in [-0.4, -0.2) is 15.9 Å². The molecule has 1 heterocycles. The Kier molecular flexibility index (Phi) is 3.39. The Hall–Kier alpha value is -1.45. The standard InChI is InChI=1S/C11H17N3O/c1-4-6-11(2,3)8-5-7-13-10(14-8)9(12)15/h5,7H,4,6H2,1-3H3,(H2,12,15). The minimum absolute atomic E-state index is 0.0398. The largest absolute Gasteiger partial charge is 0.363 e. The van der Waals surface area contributed by atoms with Crippen molar-refractivity contribution in [2.45, 2.75) is 39.0 Å². The molecular formula is C11H17N3O. The van der Waals surface area contributed by atoms with Crippen molar-refractivity contribution in [1.29, 1.82) is 0 Å². The molecule has 4 nitrogen and oxygen atoms in total. The first-order valence-corrected chi connectivity index (χ1v) is 5.10. The lowest BCUT2D eigenvalue weighted by molar-refractivity contribution is 0.0990. The molecule has 0 aromatic carbocycles. The van der Waals surface area contributed by atoms with E-state index in [0.29, 0.717) is 0 Å². The van der Waals surface area contributed by atoms with Crippen LogP contribution in [0.5, 0.6) is 0 Å². The Labute approximate surface area is 89.9 Å². The van der Waals surface area contributed by atoms with Crippen LogP contribution in [0.4, 0.5) is 0 Å². The Morgan fingerprint density at radius 1 is 1.53 bits per heavy atom. The molecule has 0 aliphatic heterocycles. The molecule has 0 aliphatic carbocycles. The quantitative estimate of drug-likeness (QED) is 0.816. The van der Waals surface area contributed by atoms with E-state index in [0.717, 1.165) is 18.5 Å². The summed E-state index contributed by atoms with van der Waals surface area (Å²) in [5, 5.41) is 0. The number of nitrogens with two attached hydrogens (primary N) is 1. The van der Waals surface area contributed by atoms with Crippen LogP contribution in [-0.2, 0) is 5.41 Å². The topological polar surface area (TPSA) is 68.9 Å². The van der Waals surface area contributed by atoms with Gasteiger partial charge in [-0.3, -0.25) is 4.79 Å². The van der Waals surface area contributed by atoms with Gasteiger partial charge in [0.15, 0.2) is 0 Å². The normalized spacial score (nSPS) is 11.4. The molecule has 0 atom stereocenters. The summed E-state index contributed by atoms with van der Waals surface area (Å²) in [6.07, 6.45) is 3.67. The van der Waals surface area contributed by atoms with Crippen molar-refractivity contribution < 1.29 is 4.79 Å². The van der Waals surface area contributed by atoms with Crippen LogP contribution in [0.1, 0.15) is 49.9 Å². The minimum atomic E-state index is -0.579. The van der Waals surface area contributed by atoms with Gasteiger partial charge in [0.1, 0.15) is 0 Å². The van der Waals surface area contributed by atoms with Crippen LogP contribution in [0.3, 0.4) is 0 Å². The number of hydrogen-bond acceptors (Lipinski definition) is 3. The van der Waals surface area contributed by atoms with Crippen LogP contribution in [0.25, 0.3) is 0 Å². The molecule has 0 spiro atoms. The third-order valence-electron chi connectivity index (χ3n) is 2.44. The number of amides is 1. The number of nitrogens with zero attached hydrogens (tertiary/aromatic N) is 2. The molecular weight excluding hydrogens is 190 g/mol. The average Bonchev–Trinajstić information content (AvgIpc) is 2.18. The van der Waals surface area contributed by atoms with Crippen LogP contribution >= 0.6 is 0 Å². The Morgan fingerprint density at radius 2 is 2.20 bits per heavy atom. The van der Waals surface area contributed by atoms with E-state index >= 15 is 0 Å². The predicted molar refractivity (Wildman–Crippen MR) is 58.5 cm³/mol. The number of carbonyl (C=O) groups excluding carboxylic acids is 1. The van der Waals surface area contributed by atoms with Crippen molar-refractivity contribution in [3.05, 3.63) is 23.8 Å². The monoisotopic (exact) mass is 207 g/mol. The molecule has 0 radical (unpaired) electrons. The van der Waals surface area contributed by atoms with Gasteiger partial charge in [-0.05, 0) is 12.5 Å². The third-order valence-corrected chi connectivity index (χ3v) is 2.44. The highest BCUT2D eigenvalue weighted by Gasteiger charge is 2.22. The summed E-state index contributed by atoms with van der Waals surface area (Å²) in [7, 11) is 0. The van der Waals surface area contributed by atoms with Crippen molar-refractivity contribution in [3.8, 4) is 0 Å². The first kappa shape index (κ1) is 11.6. The van der Waals surface area contributed by atoms with Crippen molar-refractivity contribution in [1.82, 2.24) is 9.97 Å². The van der Waals surface area contributed by atoms with E-state index in [1.54, 1.807) is 6.20 Å². The predicted octanol–water partition coefficient (Wildman–Crippen LogP) is 1.65. The summed E-state index contributed by atoms with van der Waals surface area (Å²) in [6.45, 7) is 6.32. The Bertz CT molecular complexity index is 361. The van der Waals surface area contributed by atoms with Crippen molar-refractivity contribution in [2.75, 3.05) is 0 Å². The first-order valence-electron chi connectivity index (χ1n) is 5.10. The van der Waals surface area contributed by atoms with Gasteiger partial charge in [-0.25, -0.2) is 9.97 Å². The second-order valence-electron chi connectivity index (χ2n) is 4.26. The van der Waals surface area contributed by atoms with Crippen LogP contribution < -0.4 is 5.73 Å². The zero-order chi connectivity index (χ0) is 11.5. The van der Waals surface area contributed by atoms with Crippen molar-refractivity contribution in [2.24, 2.45) is 5.73 Å².